The predicted molar refractivity (Wildman–Crippen MR) is 78.3 cm³/mol. The van der Waals surface area contributed by atoms with Gasteiger partial charge >= 0.3 is 0 Å². The molecule has 1 rings (SSSR count). The lowest BCUT2D eigenvalue weighted by Crippen LogP contribution is -2.30. The molecule has 2 N–H and O–H groups in total. The summed E-state index contributed by atoms with van der Waals surface area (Å²) in [6.45, 7) is 6.44. The highest BCUT2D eigenvalue weighted by atomic mass is 79.9. The summed E-state index contributed by atoms with van der Waals surface area (Å²) in [5.74, 6) is 0.622. The van der Waals surface area contributed by atoms with Crippen molar-refractivity contribution in [1.29, 1.82) is 0 Å². The Hall–Kier alpha value is -0.870. The Morgan fingerprint density at radius 3 is 2.56 bits per heavy atom. The number of hydrogen-bond acceptors (Lipinski definition) is 2. The van der Waals surface area contributed by atoms with Crippen molar-refractivity contribution >= 4 is 21.8 Å². The minimum atomic E-state index is 0.118. The topological polar surface area (TPSA) is 41.1 Å². The molecule has 100 valence electrons. The van der Waals surface area contributed by atoms with Crippen molar-refractivity contribution in [3.8, 4) is 0 Å². The molecule has 0 saturated carbocycles. The largest absolute Gasteiger partial charge is 0.356 e. The van der Waals surface area contributed by atoms with Gasteiger partial charge in [0.1, 0.15) is 0 Å². The zero-order valence-electron chi connectivity index (χ0n) is 11.0. The minimum absolute atomic E-state index is 0.118. The fourth-order valence-electron chi connectivity index (χ4n) is 1.44. The monoisotopic (exact) mass is 312 g/mol. The van der Waals surface area contributed by atoms with E-state index < -0.39 is 0 Å². The Bertz CT molecular complexity index is 363. The first-order chi connectivity index (χ1) is 8.58. The molecule has 18 heavy (non-hydrogen) atoms. The van der Waals surface area contributed by atoms with E-state index in [1.807, 2.05) is 12.1 Å². The van der Waals surface area contributed by atoms with Gasteiger partial charge in [-0.05, 0) is 23.6 Å². The lowest BCUT2D eigenvalue weighted by atomic mass is 10.2. The van der Waals surface area contributed by atoms with Crippen molar-refractivity contribution in [3.05, 3.63) is 34.3 Å². The number of halogens is 1. The summed E-state index contributed by atoms with van der Waals surface area (Å²) in [6, 6.07) is 8.17. The highest BCUT2D eigenvalue weighted by Crippen LogP contribution is 2.10. The number of nitrogens with one attached hydrogen (secondary N) is 2. The van der Waals surface area contributed by atoms with Crippen LogP contribution in [0.1, 0.15) is 25.8 Å². The van der Waals surface area contributed by atoms with Crippen LogP contribution in [0.5, 0.6) is 0 Å². The molecule has 0 aromatic heterocycles. The van der Waals surface area contributed by atoms with Gasteiger partial charge in [0, 0.05) is 30.5 Å². The number of rotatable bonds is 7. The molecule has 0 spiro atoms. The first-order valence-electron chi connectivity index (χ1n) is 6.30. The smallest absolute Gasteiger partial charge is 0.221 e. The van der Waals surface area contributed by atoms with Crippen LogP contribution in [0.4, 0.5) is 0 Å². The van der Waals surface area contributed by atoms with Crippen LogP contribution in [0.3, 0.4) is 0 Å². The average molecular weight is 313 g/mol. The van der Waals surface area contributed by atoms with E-state index in [0.29, 0.717) is 18.9 Å². The summed E-state index contributed by atoms with van der Waals surface area (Å²) in [4.78, 5) is 11.4. The molecule has 0 saturated heterocycles. The third-order valence-corrected chi connectivity index (χ3v) is 3.01. The van der Waals surface area contributed by atoms with Crippen LogP contribution >= 0.6 is 15.9 Å². The van der Waals surface area contributed by atoms with Crippen LogP contribution in [0.25, 0.3) is 0 Å². The predicted octanol–water partition coefficient (Wildman–Crippen LogP) is 2.70. The van der Waals surface area contributed by atoms with Gasteiger partial charge in [0.15, 0.2) is 0 Å². The molecule has 0 aliphatic rings. The Balaban J connectivity index is 2.11. The number of carbonyl (C=O) groups excluding carboxylic acids is 1. The highest BCUT2D eigenvalue weighted by molar-refractivity contribution is 9.10. The molecule has 0 aliphatic carbocycles. The van der Waals surface area contributed by atoms with Gasteiger partial charge < -0.3 is 10.6 Å². The van der Waals surface area contributed by atoms with Crippen molar-refractivity contribution in [2.45, 2.75) is 26.8 Å². The van der Waals surface area contributed by atoms with E-state index >= 15 is 0 Å². The molecule has 0 bridgehead atoms. The number of benzene rings is 1. The number of hydrogen-bond donors (Lipinski definition) is 2. The Morgan fingerprint density at radius 1 is 1.28 bits per heavy atom. The molecule has 0 aliphatic heterocycles. The normalized spacial score (nSPS) is 10.7. The molecule has 0 atom stereocenters. The van der Waals surface area contributed by atoms with Crippen LogP contribution in [-0.2, 0) is 11.3 Å². The van der Waals surface area contributed by atoms with Crippen molar-refractivity contribution in [2.75, 3.05) is 13.1 Å². The van der Waals surface area contributed by atoms with Crippen molar-refractivity contribution < 1.29 is 4.79 Å². The van der Waals surface area contributed by atoms with Gasteiger partial charge in [-0.3, -0.25) is 4.79 Å². The third kappa shape index (κ3) is 6.77. The zero-order valence-corrected chi connectivity index (χ0v) is 12.6. The fraction of sp³-hybridized carbons (Fsp3) is 0.500. The van der Waals surface area contributed by atoms with E-state index in [9.17, 15) is 4.79 Å². The standard InChI is InChI=1S/C14H21BrN2O/c1-11(2)9-17-14(18)7-8-16-10-12-3-5-13(15)6-4-12/h3-6,11,16H,7-10H2,1-2H3,(H,17,18). The molecule has 1 aromatic rings. The Kier molecular flexibility index (Phi) is 6.98. The molecule has 1 aromatic carbocycles. The van der Waals surface area contributed by atoms with E-state index in [4.69, 9.17) is 0 Å². The highest BCUT2D eigenvalue weighted by Gasteiger charge is 2.01. The summed E-state index contributed by atoms with van der Waals surface area (Å²) in [6.07, 6.45) is 0.531. The maximum atomic E-state index is 11.4. The lowest BCUT2D eigenvalue weighted by Gasteiger charge is -2.08. The first-order valence-corrected chi connectivity index (χ1v) is 7.09. The van der Waals surface area contributed by atoms with E-state index in [1.165, 1.54) is 5.56 Å². The first kappa shape index (κ1) is 15.2. The second-order valence-electron chi connectivity index (χ2n) is 4.75. The Morgan fingerprint density at radius 2 is 1.94 bits per heavy atom. The maximum absolute atomic E-state index is 11.4. The zero-order chi connectivity index (χ0) is 13.4. The molecule has 3 nitrogen and oxygen atoms in total. The SMILES string of the molecule is CC(C)CNC(=O)CCNCc1ccc(Br)cc1. The van der Waals surface area contributed by atoms with E-state index in [0.717, 1.165) is 17.6 Å². The second-order valence-corrected chi connectivity index (χ2v) is 5.67. The van der Waals surface area contributed by atoms with Gasteiger partial charge in [0.25, 0.3) is 0 Å². The van der Waals surface area contributed by atoms with Crippen molar-refractivity contribution in [2.24, 2.45) is 5.92 Å². The van der Waals surface area contributed by atoms with Crippen molar-refractivity contribution in [3.63, 3.8) is 0 Å². The quantitative estimate of drug-likeness (QED) is 0.760. The lowest BCUT2D eigenvalue weighted by molar-refractivity contribution is -0.121. The van der Waals surface area contributed by atoms with Crippen LogP contribution in [0, 0.1) is 5.92 Å². The maximum Gasteiger partial charge on any atom is 0.221 e. The van der Waals surface area contributed by atoms with E-state index in [2.05, 4.69) is 52.5 Å². The summed E-state index contributed by atoms with van der Waals surface area (Å²) in [7, 11) is 0. The van der Waals surface area contributed by atoms with Crippen LogP contribution in [0.2, 0.25) is 0 Å². The van der Waals surface area contributed by atoms with Gasteiger partial charge in [0.2, 0.25) is 5.91 Å². The van der Waals surface area contributed by atoms with Crippen LogP contribution in [0.15, 0.2) is 28.7 Å². The van der Waals surface area contributed by atoms with E-state index in [-0.39, 0.29) is 5.91 Å². The van der Waals surface area contributed by atoms with Crippen LogP contribution < -0.4 is 10.6 Å². The molecule has 0 radical (unpaired) electrons. The number of carbonyl (C=O) groups is 1. The van der Waals surface area contributed by atoms with Crippen molar-refractivity contribution in [1.82, 2.24) is 10.6 Å². The summed E-state index contributed by atoms with van der Waals surface area (Å²) in [5.41, 5.74) is 1.22. The molecule has 0 fully saturated rings. The van der Waals surface area contributed by atoms with Gasteiger partial charge in [0.05, 0.1) is 0 Å². The van der Waals surface area contributed by atoms with Gasteiger partial charge in [-0.1, -0.05) is 41.9 Å². The fourth-order valence-corrected chi connectivity index (χ4v) is 1.71. The minimum Gasteiger partial charge on any atom is -0.356 e. The van der Waals surface area contributed by atoms with Crippen LogP contribution in [-0.4, -0.2) is 19.0 Å². The molecular formula is C14H21BrN2O. The Labute approximate surface area is 117 Å². The third-order valence-electron chi connectivity index (χ3n) is 2.48. The van der Waals surface area contributed by atoms with Gasteiger partial charge in [-0.25, -0.2) is 0 Å². The van der Waals surface area contributed by atoms with E-state index in [1.54, 1.807) is 0 Å². The molecular weight excluding hydrogens is 292 g/mol. The summed E-state index contributed by atoms with van der Waals surface area (Å²) >= 11 is 3.40. The molecule has 0 unspecified atom stereocenters. The van der Waals surface area contributed by atoms with Gasteiger partial charge in [-0.15, -0.1) is 0 Å². The second kappa shape index (κ2) is 8.27. The summed E-state index contributed by atoms with van der Waals surface area (Å²) < 4.78 is 1.08. The molecule has 0 heterocycles. The molecule has 4 heteroatoms. The average Bonchev–Trinajstić information content (AvgIpc) is 2.34. The summed E-state index contributed by atoms with van der Waals surface area (Å²) in [5, 5.41) is 6.17. The number of amides is 1. The van der Waals surface area contributed by atoms with Gasteiger partial charge in [-0.2, -0.15) is 0 Å². The molecule has 1 amide bonds.